The zero-order valence-corrected chi connectivity index (χ0v) is 11.9. The third-order valence-corrected chi connectivity index (χ3v) is 3.73. The minimum atomic E-state index is -1.40. The Bertz CT molecular complexity index is 506. The lowest BCUT2D eigenvalue weighted by Gasteiger charge is -2.38. The van der Waals surface area contributed by atoms with E-state index in [0.29, 0.717) is 6.04 Å². The summed E-state index contributed by atoms with van der Waals surface area (Å²) in [4.78, 5) is 27.1. The molecule has 2 rings (SSSR count). The van der Waals surface area contributed by atoms with Crippen LogP contribution in [0.2, 0.25) is 0 Å². The van der Waals surface area contributed by atoms with Gasteiger partial charge in [0.1, 0.15) is 0 Å². The monoisotopic (exact) mass is 276 g/mol. The molecule has 108 valence electrons. The van der Waals surface area contributed by atoms with Gasteiger partial charge in [0.25, 0.3) is 5.78 Å². The lowest BCUT2D eigenvalue weighted by Crippen LogP contribution is -2.49. The van der Waals surface area contributed by atoms with E-state index in [0.717, 1.165) is 31.9 Å². The number of para-hydroxylation sites is 1. The fourth-order valence-electron chi connectivity index (χ4n) is 2.54. The van der Waals surface area contributed by atoms with Gasteiger partial charge in [-0.3, -0.25) is 9.69 Å². The zero-order valence-electron chi connectivity index (χ0n) is 11.9. The highest BCUT2D eigenvalue weighted by molar-refractivity contribution is 6.41. The van der Waals surface area contributed by atoms with E-state index in [1.807, 2.05) is 12.1 Å². The largest absolute Gasteiger partial charge is 0.475 e. The molecule has 1 fully saturated rings. The molecule has 0 bridgehead atoms. The molecule has 5 nitrogen and oxygen atoms in total. The number of carboxylic acids is 1. The molecule has 1 heterocycles. The van der Waals surface area contributed by atoms with Gasteiger partial charge in [0, 0.05) is 37.9 Å². The molecule has 0 aromatic heterocycles. The van der Waals surface area contributed by atoms with Crippen LogP contribution in [0.4, 0.5) is 5.69 Å². The van der Waals surface area contributed by atoms with Gasteiger partial charge in [-0.15, -0.1) is 0 Å². The number of hydrogen-bond donors (Lipinski definition) is 1. The Morgan fingerprint density at radius 2 is 1.70 bits per heavy atom. The standard InChI is InChI=1S/C15H20N2O3/c1-11(2)16-7-9-17(10-8-16)13-6-4-3-5-12(13)14(18)15(19)20/h3-6,11H,7-10H2,1-2H3,(H,19,20). The van der Waals surface area contributed by atoms with Crippen LogP contribution in [0, 0.1) is 0 Å². The molecule has 0 radical (unpaired) electrons. The van der Waals surface area contributed by atoms with Gasteiger partial charge in [0.15, 0.2) is 0 Å². The summed E-state index contributed by atoms with van der Waals surface area (Å²) in [7, 11) is 0. The van der Waals surface area contributed by atoms with Crippen molar-refractivity contribution in [3.63, 3.8) is 0 Å². The van der Waals surface area contributed by atoms with Crippen LogP contribution >= 0.6 is 0 Å². The van der Waals surface area contributed by atoms with Crippen molar-refractivity contribution in [2.75, 3.05) is 31.1 Å². The second kappa shape index (κ2) is 6.05. The number of nitrogens with zero attached hydrogens (tertiary/aromatic N) is 2. The number of carbonyl (C=O) groups excluding carboxylic acids is 1. The Labute approximate surface area is 118 Å². The number of Topliss-reactive ketones (excluding diaryl/α,β-unsaturated/α-hetero) is 1. The van der Waals surface area contributed by atoms with E-state index in [1.54, 1.807) is 12.1 Å². The summed E-state index contributed by atoms with van der Waals surface area (Å²) in [6.45, 7) is 7.79. The first-order valence-corrected chi connectivity index (χ1v) is 6.86. The Morgan fingerprint density at radius 1 is 1.10 bits per heavy atom. The van der Waals surface area contributed by atoms with Gasteiger partial charge >= 0.3 is 5.97 Å². The smallest absolute Gasteiger partial charge is 0.377 e. The number of aliphatic carboxylic acids is 1. The van der Waals surface area contributed by atoms with Crippen LogP contribution in [-0.4, -0.2) is 54.0 Å². The molecule has 20 heavy (non-hydrogen) atoms. The number of piperazine rings is 1. The van der Waals surface area contributed by atoms with E-state index in [-0.39, 0.29) is 5.56 Å². The average molecular weight is 276 g/mol. The van der Waals surface area contributed by atoms with Crippen molar-refractivity contribution in [1.29, 1.82) is 0 Å². The number of rotatable bonds is 4. The van der Waals surface area contributed by atoms with E-state index >= 15 is 0 Å². The molecule has 0 unspecified atom stereocenters. The number of ketones is 1. The Hall–Kier alpha value is -1.88. The van der Waals surface area contributed by atoms with Crippen LogP contribution in [0.5, 0.6) is 0 Å². The van der Waals surface area contributed by atoms with E-state index in [1.165, 1.54) is 0 Å². The third-order valence-electron chi connectivity index (χ3n) is 3.73. The van der Waals surface area contributed by atoms with E-state index in [9.17, 15) is 9.59 Å². The molecule has 1 aromatic rings. The van der Waals surface area contributed by atoms with Crippen LogP contribution in [-0.2, 0) is 4.79 Å². The fraction of sp³-hybridized carbons (Fsp3) is 0.467. The van der Waals surface area contributed by atoms with Crippen molar-refractivity contribution in [2.45, 2.75) is 19.9 Å². The summed E-state index contributed by atoms with van der Waals surface area (Å²) in [5.74, 6) is -2.25. The van der Waals surface area contributed by atoms with Crippen molar-refractivity contribution in [3.05, 3.63) is 29.8 Å². The van der Waals surface area contributed by atoms with Crippen molar-refractivity contribution in [2.24, 2.45) is 0 Å². The maximum Gasteiger partial charge on any atom is 0.377 e. The Morgan fingerprint density at radius 3 is 2.25 bits per heavy atom. The second-order valence-electron chi connectivity index (χ2n) is 5.27. The highest BCUT2D eigenvalue weighted by Crippen LogP contribution is 2.22. The molecule has 0 spiro atoms. The van der Waals surface area contributed by atoms with Crippen LogP contribution < -0.4 is 4.90 Å². The van der Waals surface area contributed by atoms with Gasteiger partial charge in [-0.05, 0) is 26.0 Å². The molecular formula is C15H20N2O3. The van der Waals surface area contributed by atoms with Crippen molar-refractivity contribution in [3.8, 4) is 0 Å². The lowest BCUT2D eigenvalue weighted by molar-refractivity contribution is -0.131. The van der Waals surface area contributed by atoms with Crippen molar-refractivity contribution >= 4 is 17.4 Å². The van der Waals surface area contributed by atoms with Gasteiger partial charge in [-0.2, -0.15) is 0 Å². The van der Waals surface area contributed by atoms with E-state index in [4.69, 9.17) is 5.11 Å². The van der Waals surface area contributed by atoms with E-state index in [2.05, 4.69) is 23.6 Å². The number of hydrogen-bond acceptors (Lipinski definition) is 4. The first-order chi connectivity index (χ1) is 9.50. The number of benzene rings is 1. The minimum absolute atomic E-state index is 0.276. The molecule has 1 aromatic carbocycles. The first kappa shape index (κ1) is 14.5. The van der Waals surface area contributed by atoms with Gasteiger partial charge in [-0.1, -0.05) is 12.1 Å². The van der Waals surface area contributed by atoms with Gasteiger partial charge in [0.05, 0.1) is 5.56 Å². The predicted octanol–water partition coefficient (Wildman–Crippen LogP) is 1.48. The maximum atomic E-state index is 11.7. The van der Waals surface area contributed by atoms with Crippen LogP contribution in [0.1, 0.15) is 24.2 Å². The number of carbonyl (C=O) groups is 2. The summed E-state index contributed by atoms with van der Waals surface area (Å²) in [6.07, 6.45) is 0. The molecule has 1 saturated heterocycles. The molecule has 1 aliphatic rings. The van der Waals surface area contributed by atoms with Gasteiger partial charge < -0.3 is 10.0 Å². The molecule has 0 aliphatic carbocycles. The summed E-state index contributed by atoms with van der Waals surface area (Å²) < 4.78 is 0. The van der Waals surface area contributed by atoms with Gasteiger partial charge in [0.2, 0.25) is 0 Å². The third kappa shape index (κ3) is 2.99. The molecular weight excluding hydrogens is 256 g/mol. The predicted molar refractivity (Wildman–Crippen MR) is 77.3 cm³/mol. The Balaban J connectivity index is 2.18. The summed E-state index contributed by atoms with van der Waals surface area (Å²) in [5.41, 5.74) is 1.00. The summed E-state index contributed by atoms with van der Waals surface area (Å²) >= 11 is 0. The quantitative estimate of drug-likeness (QED) is 0.667. The van der Waals surface area contributed by atoms with Crippen LogP contribution in [0.3, 0.4) is 0 Å². The fourth-order valence-corrected chi connectivity index (χ4v) is 2.54. The molecule has 1 aliphatic heterocycles. The zero-order chi connectivity index (χ0) is 14.7. The summed E-state index contributed by atoms with van der Waals surface area (Å²) in [6, 6.07) is 7.45. The second-order valence-corrected chi connectivity index (χ2v) is 5.27. The number of carboxylic acid groups (broad SMARTS) is 1. The molecule has 0 amide bonds. The summed E-state index contributed by atoms with van der Waals surface area (Å²) in [5, 5.41) is 8.90. The highest BCUT2D eigenvalue weighted by atomic mass is 16.4. The van der Waals surface area contributed by atoms with E-state index < -0.39 is 11.8 Å². The molecule has 1 N–H and O–H groups in total. The van der Waals surface area contributed by atoms with Crippen molar-refractivity contribution < 1.29 is 14.7 Å². The highest BCUT2D eigenvalue weighted by Gasteiger charge is 2.24. The lowest BCUT2D eigenvalue weighted by atomic mass is 10.1. The normalized spacial score (nSPS) is 16.4. The maximum absolute atomic E-state index is 11.7. The topological polar surface area (TPSA) is 60.9 Å². The molecule has 5 heteroatoms. The van der Waals surface area contributed by atoms with Crippen LogP contribution in [0.15, 0.2) is 24.3 Å². The van der Waals surface area contributed by atoms with Gasteiger partial charge in [-0.25, -0.2) is 4.79 Å². The molecule has 0 saturated carbocycles. The Kier molecular flexibility index (Phi) is 4.39. The number of anilines is 1. The molecule has 0 atom stereocenters. The van der Waals surface area contributed by atoms with Crippen molar-refractivity contribution in [1.82, 2.24) is 4.90 Å². The first-order valence-electron chi connectivity index (χ1n) is 6.86. The van der Waals surface area contributed by atoms with Crippen LogP contribution in [0.25, 0.3) is 0 Å². The minimum Gasteiger partial charge on any atom is -0.475 e. The average Bonchev–Trinajstić information content (AvgIpc) is 2.46. The SMILES string of the molecule is CC(C)N1CCN(c2ccccc2C(=O)C(=O)O)CC1.